The predicted molar refractivity (Wildman–Crippen MR) is 128 cm³/mol. The largest absolute Gasteiger partial charge is 0.490 e. The average molecular weight is 575 g/mol. The van der Waals surface area contributed by atoms with E-state index < -0.39 is 30.9 Å². The molecule has 0 aliphatic rings. The monoisotopic (exact) mass is 574 g/mol. The molecule has 39 heavy (non-hydrogen) atoms. The fraction of sp³-hybridized carbons (Fsp3) is 0.174. The van der Waals surface area contributed by atoms with E-state index in [0.29, 0.717) is 22.2 Å². The van der Waals surface area contributed by atoms with Crippen LogP contribution in [0.3, 0.4) is 0 Å². The lowest BCUT2D eigenvalue weighted by molar-refractivity contribution is -0.192. The standard InChI is InChI=1S/C21H16ClF3N6O.C2HF3O2/c1-12-7-16(29-30-19(12)22)13-5-6-31-17(10-26-18(31)9-13)14-3-2-4-15(8-14)28-20(32)27-11-21(23,24)25;3-2(4,5)1(6)7/h2-10H,11H2,1H3,(H2,27,28,32);(H,6,7). The number of hydrogen-bond donors (Lipinski definition) is 3. The lowest BCUT2D eigenvalue weighted by atomic mass is 10.1. The first kappa shape index (κ1) is 29.2. The molecule has 3 heterocycles. The molecule has 0 spiro atoms. The molecule has 16 heteroatoms. The predicted octanol–water partition coefficient (Wildman–Crippen LogP) is 5.74. The topological polar surface area (TPSA) is 122 Å². The molecule has 0 unspecified atom stereocenters. The summed E-state index contributed by atoms with van der Waals surface area (Å²) in [6, 6.07) is 11.3. The van der Waals surface area contributed by atoms with Crippen molar-refractivity contribution in [3.8, 4) is 22.5 Å². The minimum atomic E-state index is -5.08. The van der Waals surface area contributed by atoms with Crippen LogP contribution in [0.5, 0.6) is 0 Å². The van der Waals surface area contributed by atoms with Crippen LogP contribution in [0.15, 0.2) is 54.9 Å². The molecule has 3 N–H and O–H groups in total. The lowest BCUT2D eigenvalue weighted by Gasteiger charge is -2.11. The van der Waals surface area contributed by atoms with Crippen LogP contribution >= 0.6 is 11.6 Å². The number of aliphatic carboxylic acids is 1. The fourth-order valence-electron chi connectivity index (χ4n) is 3.08. The number of imidazole rings is 1. The Balaban J connectivity index is 0.000000532. The Bertz CT molecular complexity index is 1510. The molecule has 9 nitrogen and oxygen atoms in total. The van der Waals surface area contributed by atoms with Gasteiger partial charge in [-0.2, -0.15) is 26.3 Å². The van der Waals surface area contributed by atoms with Gasteiger partial charge in [0.15, 0.2) is 5.15 Å². The summed E-state index contributed by atoms with van der Waals surface area (Å²) in [6.45, 7) is 0.433. The number of hydrogen-bond acceptors (Lipinski definition) is 5. The van der Waals surface area contributed by atoms with Gasteiger partial charge in [-0.25, -0.2) is 14.6 Å². The summed E-state index contributed by atoms with van der Waals surface area (Å²) in [5.41, 5.74) is 4.76. The lowest BCUT2D eigenvalue weighted by Crippen LogP contribution is -2.36. The van der Waals surface area contributed by atoms with Gasteiger partial charge in [0.25, 0.3) is 0 Å². The van der Waals surface area contributed by atoms with Crippen molar-refractivity contribution < 1.29 is 41.0 Å². The van der Waals surface area contributed by atoms with Gasteiger partial charge in [-0.1, -0.05) is 23.7 Å². The Morgan fingerprint density at radius 2 is 1.72 bits per heavy atom. The molecule has 0 fully saturated rings. The SMILES string of the molecule is Cc1cc(-c2ccn3c(-c4cccc(NC(=O)NCC(F)(F)F)c4)cnc3c2)nnc1Cl.O=C(O)C(F)(F)F. The third kappa shape index (κ3) is 8.04. The number of halogens is 7. The van der Waals surface area contributed by atoms with Crippen LogP contribution in [-0.2, 0) is 4.79 Å². The van der Waals surface area contributed by atoms with Gasteiger partial charge >= 0.3 is 24.4 Å². The van der Waals surface area contributed by atoms with E-state index in [-0.39, 0.29) is 0 Å². The van der Waals surface area contributed by atoms with Crippen molar-refractivity contribution in [2.45, 2.75) is 19.3 Å². The number of fused-ring (bicyclic) bond motifs is 1. The smallest absolute Gasteiger partial charge is 0.475 e. The number of urea groups is 1. The van der Waals surface area contributed by atoms with Crippen LogP contribution in [-0.4, -0.2) is 55.6 Å². The quantitative estimate of drug-likeness (QED) is 0.267. The molecule has 0 radical (unpaired) electrons. The number of benzene rings is 1. The van der Waals surface area contributed by atoms with Crippen molar-refractivity contribution >= 4 is 34.9 Å². The van der Waals surface area contributed by atoms with Gasteiger partial charge in [0.2, 0.25) is 0 Å². The van der Waals surface area contributed by atoms with E-state index >= 15 is 0 Å². The average Bonchev–Trinajstić information content (AvgIpc) is 3.27. The van der Waals surface area contributed by atoms with Crippen molar-refractivity contribution in [1.29, 1.82) is 0 Å². The molecule has 2 amide bonds. The van der Waals surface area contributed by atoms with Crippen LogP contribution in [0, 0.1) is 6.92 Å². The summed E-state index contributed by atoms with van der Waals surface area (Å²) in [4.78, 5) is 25.1. The van der Waals surface area contributed by atoms with E-state index in [1.807, 2.05) is 41.8 Å². The Morgan fingerprint density at radius 3 is 2.33 bits per heavy atom. The number of amides is 2. The second-order valence-corrected chi connectivity index (χ2v) is 8.16. The maximum Gasteiger partial charge on any atom is 0.490 e. The normalized spacial score (nSPS) is 11.5. The maximum atomic E-state index is 12.3. The van der Waals surface area contributed by atoms with Crippen LogP contribution < -0.4 is 10.6 Å². The Morgan fingerprint density at radius 1 is 1.03 bits per heavy atom. The molecular formula is C23H17ClF6N6O3. The van der Waals surface area contributed by atoms with Gasteiger partial charge in [-0.05, 0) is 42.8 Å². The van der Waals surface area contributed by atoms with Crippen molar-refractivity contribution in [3.63, 3.8) is 0 Å². The fourth-order valence-corrected chi connectivity index (χ4v) is 3.17. The van der Waals surface area contributed by atoms with Gasteiger partial charge in [0.1, 0.15) is 12.2 Å². The second kappa shape index (κ2) is 11.6. The van der Waals surface area contributed by atoms with Gasteiger partial charge in [0.05, 0.1) is 17.6 Å². The number of aromatic nitrogens is 4. The highest BCUT2D eigenvalue weighted by Crippen LogP contribution is 2.27. The van der Waals surface area contributed by atoms with Crippen molar-refractivity contribution in [2.75, 3.05) is 11.9 Å². The molecular weight excluding hydrogens is 558 g/mol. The van der Waals surface area contributed by atoms with Crippen molar-refractivity contribution in [1.82, 2.24) is 24.9 Å². The summed E-state index contributed by atoms with van der Waals surface area (Å²) in [5, 5.41) is 19.7. The van der Waals surface area contributed by atoms with Crippen LogP contribution in [0.2, 0.25) is 5.15 Å². The van der Waals surface area contributed by atoms with E-state index in [9.17, 15) is 31.1 Å². The van der Waals surface area contributed by atoms with E-state index in [1.54, 1.807) is 29.7 Å². The van der Waals surface area contributed by atoms with Crippen molar-refractivity contribution in [2.24, 2.45) is 0 Å². The number of carboxylic acids is 1. The number of aryl methyl sites for hydroxylation is 1. The number of nitrogens with zero attached hydrogens (tertiary/aromatic N) is 4. The molecule has 0 saturated carbocycles. The molecule has 0 atom stereocenters. The molecule has 0 aliphatic carbocycles. The zero-order valence-electron chi connectivity index (χ0n) is 19.6. The molecule has 4 aromatic rings. The minimum absolute atomic E-state index is 0.346. The number of pyridine rings is 1. The molecule has 0 aliphatic heterocycles. The first-order chi connectivity index (χ1) is 18.1. The number of carbonyl (C=O) groups is 2. The highest BCUT2D eigenvalue weighted by Gasteiger charge is 2.38. The Labute approximate surface area is 220 Å². The number of alkyl halides is 6. The number of carboxylic acid groups (broad SMARTS) is 1. The summed E-state index contributed by atoms with van der Waals surface area (Å²) < 4.78 is 70.4. The summed E-state index contributed by atoms with van der Waals surface area (Å²) in [5.74, 6) is -2.76. The number of anilines is 1. The molecule has 206 valence electrons. The van der Waals surface area contributed by atoms with Crippen molar-refractivity contribution in [3.05, 3.63) is 65.6 Å². The molecule has 4 rings (SSSR count). The van der Waals surface area contributed by atoms with Crippen LogP contribution in [0.1, 0.15) is 5.56 Å². The van der Waals surface area contributed by atoms with Crippen LogP contribution in [0.25, 0.3) is 28.2 Å². The highest BCUT2D eigenvalue weighted by atomic mass is 35.5. The Hall–Kier alpha value is -4.40. The highest BCUT2D eigenvalue weighted by molar-refractivity contribution is 6.30. The third-order valence-electron chi connectivity index (χ3n) is 4.84. The molecule has 1 aromatic carbocycles. The Kier molecular flexibility index (Phi) is 8.64. The van der Waals surface area contributed by atoms with Gasteiger partial charge in [-0.3, -0.25) is 4.40 Å². The number of nitrogens with one attached hydrogen (secondary N) is 2. The zero-order valence-corrected chi connectivity index (χ0v) is 20.4. The summed E-state index contributed by atoms with van der Waals surface area (Å²) in [7, 11) is 0. The second-order valence-electron chi connectivity index (χ2n) is 7.80. The summed E-state index contributed by atoms with van der Waals surface area (Å²) in [6.07, 6.45) is -6.07. The van der Waals surface area contributed by atoms with Gasteiger partial charge < -0.3 is 15.7 Å². The first-order valence-electron chi connectivity index (χ1n) is 10.6. The van der Waals surface area contributed by atoms with Gasteiger partial charge in [0, 0.05) is 23.0 Å². The van der Waals surface area contributed by atoms with E-state index in [1.165, 1.54) is 0 Å². The van der Waals surface area contributed by atoms with E-state index in [0.717, 1.165) is 22.4 Å². The zero-order chi connectivity index (χ0) is 29.0. The van der Waals surface area contributed by atoms with Gasteiger partial charge in [-0.15, -0.1) is 10.2 Å². The summed E-state index contributed by atoms with van der Waals surface area (Å²) >= 11 is 5.95. The number of carbonyl (C=O) groups excluding carboxylic acids is 1. The van der Waals surface area contributed by atoms with E-state index in [4.69, 9.17) is 21.5 Å². The third-order valence-corrected chi connectivity index (χ3v) is 5.21. The first-order valence-corrected chi connectivity index (χ1v) is 11.0. The molecule has 3 aromatic heterocycles. The molecule has 0 bridgehead atoms. The number of rotatable bonds is 4. The maximum absolute atomic E-state index is 12.3. The van der Waals surface area contributed by atoms with Crippen LogP contribution in [0.4, 0.5) is 36.8 Å². The van der Waals surface area contributed by atoms with E-state index in [2.05, 4.69) is 20.5 Å². The minimum Gasteiger partial charge on any atom is -0.475 e. The molecule has 0 saturated heterocycles.